The van der Waals surface area contributed by atoms with E-state index in [9.17, 15) is 14.7 Å². The number of aliphatic carboxylic acids is 1. The van der Waals surface area contributed by atoms with Crippen LogP contribution in [0.1, 0.15) is 32.6 Å². The van der Waals surface area contributed by atoms with E-state index in [2.05, 4.69) is 9.88 Å². The number of carbonyl (C=O) groups is 2. The lowest BCUT2D eigenvalue weighted by Crippen LogP contribution is -2.77. The normalized spacial score (nSPS) is 30.9. The molecule has 7 nitrogen and oxygen atoms in total. The van der Waals surface area contributed by atoms with Crippen molar-refractivity contribution in [1.29, 1.82) is 0 Å². The number of nitrogens with zero attached hydrogens (tertiary/aromatic N) is 3. The summed E-state index contributed by atoms with van der Waals surface area (Å²) in [5, 5.41) is 9.82. The summed E-state index contributed by atoms with van der Waals surface area (Å²) in [6, 6.07) is 3.92. The number of carboxylic acid groups (broad SMARTS) is 1. The quantitative estimate of drug-likeness (QED) is 0.835. The number of aromatic nitrogens is 1. The van der Waals surface area contributed by atoms with Gasteiger partial charge in [-0.1, -0.05) is 12.8 Å². The molecule has 2 unspecified atom stereocenters. The molecule has 3 N–H and O–H groups in total. The van der Waals surface area contributed by atoms with Crippen LogP contribution in [0, 0.1) is 0 Å². The number of anilines is 1. The molecule has 1 saturated carbocycles. The van der Waals surface area contributed by atoms with Crippen LogP contribution in [-0.4, -0.2) is 64.0 Å². The van der Waals surface area contributed by atoms with Gasteiger partial charge in [-0.2, -0.15) is 0 Å². The predicted molar refractivity (Wildman–Crippen MR) is 94.5 cm³/mol. The Kier molecular flexibility index (Phi) is 4.79. The standard InChI is InChI=1S/C18H26N4O3/c1-14(23)18(7-3-2-6-17(18,19)16(24)25)22-12-10-21(11-13-22)15-4-8-20-9-5-15/h4-5,8-9H,2-3,6-7,10-13,19H2,1H3,(H,24,25). The first-order valence-corrected chi connectivity index (χ1v) is 8.85. The first kappa shape index (κ1) is 17.8. The van der Waals surface area contributed by atoms with Crippen molar-refractivity contribution in [3.8, 4) is 0 Å². The molecule has 0 radical (unpaired) electrons. The molecule has 0 aromatic carbocycles. The lowest BCUT2D eigenvalue weighted by atomic mass is 9.64. The van der Waals surface area contributed by atoms with Crippen molar-refractivity contribution in [3.05, 3.63) is 24.5 Å². The van der Waals surface area contributed by atoms with Crippen molar-refractivity contribution in [2.24, 2.45) is 5.73 Å². The summed E-state index contributed by atoms with van der Waals surface area (Å²) in [4.78, 5) is 33.0. The largest absolute Gasteiger partial charge is 0.480 e. The van der Waals surface area contributed by atoms with Gasteiger partial charge in [0.2, 0.25) is 0 Å². The van der Waals surface area contributed by atoms with Gasteiger partial charge in [0.25, 0.3) is 0 Å². The van der Waals surface area contributed by atoms with Crippen LogP contribution >= 0.6 is 0 Å². The number of ketones is 1. The maximum atomic E-state index is 12.7. The molecule has 1 aromatic rings. The molecule has 2 heterocycles. The van der Waals surface area contributed by atoms with Gasteiger partial charge >= 0.3 is 5.97 Å². The highest BCUT2D eigenvalue weighted by Crippen LogP contribution is 2.42. The highest BCUT2D eigenvalue weighted by molar-refractivity contribution is 5.96. The van der Waals surface area contributed by atoms with E-state index in [4.69, 9.17) is 5.73 Å². The number of piperazine rings is 1. The number of pyridine rings is 1. The average Bonchev–Trinajstić information content (AvgIpc) is 2.63. The van der Waals surface area contributed by atoms with Crippen molar-refractivity contribution in [1.82, 2.24) is 9.88 Å². The van der Waals surface area contributed by atoms with Crippen molar-refractivity contribution in [2.75, 3.05) is 31.1 Å². The van der Waals surface area contributed by atoms with Gasteiger partial charge in [-0.3, -0.25) is 19.5 Å². The van der Waals surface area contributed by atoms with Crippen molar-refractivity contribution >= 4 is 17.4 Å². The van der Waals surface area contributed by atoms with Crippen LogP contribution in [0.25, 0.3) is 0 Å². The Morgan fingerprint density at radius 2 is 1.72 bits per heavy atom. The summed E-state index contributed by atoms with van der Waals surface area (Å²) in [7, 11) is 0. The summed E-state index contributed by atoms with van der Waals surface area (Å²) in [6.45, 7) is 4.19. The molecule has 1 saturated heterocycles. The van der Waals surface area contributed by atoms with E-state index in [1.807, 2.05) is 17.0 Å². The van der Waals surface area contributed by atoms with Crippen molar-refractivity contribution in [2.45, 2.75) is 43.7 Å². The Labute approximate surface area is 147 Å². The number of hydrogen-bond donors (Lipinski definition) is 2. The Balaban J connectivity index is 1.85. The zero-order chi connectivity index (χ0) is 18.1. The zero-order valence-corrected chi connectivity index (χ0v) is 14.6. The summed E-state index contributed by atoms with van der Waals surface area (Å²) >= 11 is 0. The molecule has 0 bridgehead atoms. The van der Waals surface area contributed by atoms with Crippen molar-refractivity contribution in [3.63, 3.8) is 0 Å². The Bertz CT molecular complexity index is 645. The molecule has 2 atom stereocenters. The number of rotatable bonds is 4. The highest BCUT2D eigenvalue weighted by atomic mass is 16.4. The van der Waals surface area contributed by atoms with E-state index < -0.39 is 17.0 Å². The first-order chi connectivity index (χ1) is 11.9. The summed E-state index contributed by atoms with van der Waals surface area (Å²) in [5.41, 5.74) is 4.84. The topological polar surface area (TPSA) is 99.8 Å². The average molecular weight is 346 g/mol. The third-order valence-corrected chi connectivity index (χ3v) is 5.91. The number of Topliss-reactive ketones (excluding diaryl/α,β-unsaturated/α-hetero) is 1. The van der Waals surface area contributed by atoms with E-state index in [-0.39, 0.29) is 5.78 Å². The minimum absolute atomic E-state index is 0.130. The van der Waals surface area contributed by atoms with Crippen LogP contribution < -0.4 is 10.6 Å². The number of carboxylic acids is 1. The second kappa shape index (κ2) is 6.72. The molecule has 1 aliphatic carbocycles. The van der Waals surface area contributed by atoms with Gasteiger partial charge in [0.15, 0.2) is 5.78 Å². The van der Waals surface area contributed by atoms with E-state index in [0.717, 1.165) is 31.6 Å². The second-order valence-electron chi connectivity index (χ2n) is 7.08. The summed E-state index contributed by atoms with van der Waals surface area (Å²) < 4.78 is 0. The fourth-order valence-corrected chi connectivity index (χ4v) is 4.55. The molecule has 3 rings (SSSR count). The highest BCUT2D eigenvalue weighted by Gasteiger charge is 2.61. The molecular formula is C18H26N4O3. The lowest BCUT2D eigenvalue weighted by Gasteiger charge is -2.55. The maximum absolute atomic E-state index is 12.7. The Hall–Kier alpha value is -1.99. The molecular weight excluding hydrogens is 320 g/mol. The van der Waals surface area contributed by atoms with Gasteiger partial charge in [0.05, 0.1) is 0 Å². The van der Waals surface area contributed by atoms with Gasteiger partial charge in [-0.15, -0.1) is 0 Å². The van der Waals surface area contributed by atoms with Crippen LogP contribution in [0.3, 0.4) is 0 Å². The minimum Gasteiger partial charge on any atom is -0.480 e. The van der Waals surface area contributed by atoms with E-state index in [0.29, 0.717) is 25.9 Å². The molecule has 2 fully saturated rings. The van der Waals surface area contributed by atoms with Crippen LogP contribution in [-0.2, 0) is 9.59 Å². The maximum Gasteiger partial charge on any atom is 0.326 e. The molecule has 0 amide bonds. The van der Waals surface area contributed by atoms with Crippen LogP contribution in [0.5, 0.6) is 0 Å². The van der Waals surface area contributed by atoms with E-state index in [1.165, 1.54) is 6.92 Å². The zero-order valence-electron chi connectivity index (χ0n) is 14.6. The predicted octanol–water partition coefficient (Wildman–Crippen LogP) is 0.888. The monoisotopic (exact) mass is 346 g/mol. The SMILES string of the molecule is CC(=O)C1(N2CCN(c3ccncc3)CC2)CCCCC1(N)C(=O)O. The number of carbonyl (C=O) groups excluding carboxylic acids is 1. The van der Waals surface area contributed by atoms with Gasteiger partial charge in [-0.25, -0.2) is 0 Å². The van der Waals surface area contributed by atoms with Crippen LogP contribution in [0.15, 0.2) is 24.5 Å². The molecule has 1 aromatic heterocycles. The minimum atomic E-state index is -1.52. The molecule has 25 heavy (non-hydrogen) atoms. The van der Waals surface area contributed by atoms with Gasteiger partial charge < -0.3 is 15.7 Å². The first-order valence-electron chi connectivity index (χ1n) is 8.85. The van der Waals surface area contributed by atoms with E-state index >= 15 is 0 Å². The lowest BCUT2D eigenvalue weighted by molar-refractivity contribution is -0.161. The van der Waals surface area contributed by atoms with Crippen molar-refractivity contribution < 1.29 is 14.7 Å². The smallest absolute Gasteiger partial charge is 0.326 e. The van der Waals surface area contributed by atoms with E-state index in [1.54, 1.807) is 12.4 Å². The fraction of sp³-hybridized carbons (Fsp3) is 0.611. The fourth-order valence-electron chi connectivity index (χ4n) is 4.55. The molecule has 7 heteroatoms. The summed E-state index contributed by atoms with van der Waals surface area (Å²) in [6.07, 6.45) is 5.95. The Morgan fingerprint density at radius 3 is 2.28 bits per heavy atom. The van der Waals surface area contributed by atoms with Gasteiger partial charge in [0.1, 0.15) is 11.1 Å². The third-order valence-electron chi connectivity index (χ3n) is 5.91. The van der Waals surface area contributed by atoms with Crippen LogP contribution in [0.4, 0.5) is 5.69 Å². The van der Waals surface area contributed by atoms with Gasteiger partial charge in [0, 0.05) is 44.3 Å². The molecule has 0 spiro atoms. The van der Waals surface area contributed by atoms with Crippen LogP contribution in [0.2, 0.25) is 0 Å². The molecule has 136 valence electrons. The second-order valence-corrected chi connectivity index (χ2v) is 7.08. The van der Waals surface area contributed by atoms with Gasteiger partial charge in [-0.05, 0) is 31.9 Å². The molecule has 2 aliphatic rings. The summed E-state index contributed by atoms with van der Waals surface area (Å²) in [5.74, 6) is -1.20. The molecule has 1 aliphatic heterocycles. The number of nitrogens with two attached hydrogens (primary N) is 1. The number of hydrogen-bond acceptors (Lipinski definition) is 6. The third kappa shape index (κ3) is 2.81. The Morgan fingerprint density at radius 1 is 1.12 bits per heavy atom.